The second-order valence-electron chi connectivity index (χ2n) is 4.91. The number of ether oxygens (including phenoxy) is 2. The number of hydrogen-bond acceptors (Lipinski definition) is 3. The van der Waals surface area contributed by atoms with Gasteiger partial charge in [0.1, 0.15) is 5.75 Å². The van der Waals surface area contributed by atoms with Gasteiger partial charge in [0, 0.05) is 25.3 Å². The van der Waals surface area contributed by atoms with E-state index in [1.807, 2.05) is 6.07 Å². The lowest BCUT2D eigenvalue weighted by atomic mass is 9.89. The zero-order valence-corrected chi connectivity index (χ0v) is 13.1. The van der Waals surface area contributed by atoms with Gasteiger partial charge in [0.05, 0.1) is 13.2 Å². The van der Waals surface area contributed by atoms with Gasteiger partial charge in [0.25, 0.3) is 0 Å². The Morgan fingerprint density at radius 3 is 2.61 bits per heavy atom. The number of benzene rings is 1. The molecule has 0 spiro atoms. The fourth-order valence-electron chi connectivity index (χ4n) is 2.85. The van der Waals surface area contributed by atoms with Crippen molar-refractivity contribution in [2.75, 3.05) is 20.8 Å². The average Bonchev–Trinajstić information content (AvgIpc) is 3.21. The molecule has 1 aromatic rings. The van der Waals surface area contributed by atoms with Crippen molar-refractivity contribution in [1.29, 1.82) is 0 Å². The van der Waals surface area contributed by atoms with Crippen molar-refractivity contribution < 1.29 is 9.47 Å². The van der Waals surface area contributed by atoms with Crippen LogP contribution in [0.5, 0.6) is 5.75 Å². The van der Waals surface area contributed by atoms with Crippen LogP contribution in [0.3, 0.4) is 0 Å². The van der Waals surface area contributed by atoms with E-state index in [4.69, 9.17) is 9.47 Å². The molecule has 2 aliphatic rings. The molecule has 2 unspecified atom stereocenters. The summed E-state index contributed by atoms with van der Waals surface area (Å²) >= 11 is 0. The third-order valence-corrected chi connectivity index (χ3v) is 3.88. The first-order valence-corrected chi connectivity index (χ1v) is 6.28. The molecule has 4 heteroatoms. The Morgan fingerprint density at radius 2 is 2.00 bits per heavy atom. The van der Waals surface area contributed by atoms with Crippen LogP contribution >= 0.6 is 24.0 Å². The van der Waals surface area contributed by atoms with Crippen LogP contribution < -0.4 is 10.1 Å². The molecular formula is C14H20INO2. The predicted molar refractivity (Wildman–Crippen MR) is 81.6 cm³/mol. The van der Waals surface area contributed by atoms with Gasteiger partial charge in [-0.05, 0) is 30.4 Å². The summed E-state index contributed by atoms with van der Waals surface area (Å²) in [6.45, 7) is 0.880. The van der Waals surface area contributed by atoms with E-state index in [0.717, 1.165) is 18.2 Å². The van der Waals surface area contributed by atoms with Crippen LogP contribution in [0.15, 0.2) is 18.2 Å². The highest BCUT2D eigenvalue weighted by molar-refractivity contribution is 14.0. The van der Waals surface area contributed by atoms with Crippen molar-refractivity contribution in [3.05, 3.63) is 29.3 Å². The molecule has 1 aromatic carbocycles. The average molecular weight is 361 g/mol. The largest absolute Gasteiger partial charge is 0.496 e. The van der Waals surface area contributed by atoms with E-state index in [1.54, 1.807) is 14.2 Å². The molecule has 0 aromatic heterocycles. The van der Waals surface area contributed by atoms with Gasteiger partial charge >= 0.3 is 0 Å². The second kappa shape index (κ2) is 5.75. The van der Waals surface area contributed by atoms with Gasteiger partial charge in [-0.15, -0.1) is 24.0 Å². The van der Waals surface area contributed by atoms with Gasteiger partial charge in [-0.1, -0.05) is 12.1 Å². The number of nitrogens with one attached hydrogen (secondary N) is 1. The maximum Gasteiger partial charge on any atom is 0.125 e. The van der Waals surface area contributed by atoms with E-state index < -0.39 is 0 Å². The van der Waals surface area contributed by atoms with Crippen LogP contribution in [0.2, 0.25) is 0 Å². The third kappa shape index (κ3) is 2.38. The molecule has 1 N–H and O–H groups in total. The molecule has 0 radical (unpaired) electrons. The second-order valence-corrected chi connectivity index (χ2v) is 4.91. The first-order chi connectivity index (χ1) is 8.35. The molecule has 2 atom stereocenters. The molecule has 18 heavy (non-hydrogen) atoms. The Kier molecular flexibility index (Phi) is 4.50. The van der Waals surface area contributed by atoms with Gasteiger partial charge in [0.2, 0.25) is 0 Å². The Balaban J connectivity index is 0.00000120. The zero-order chi connectivity index (χ0) is 11.8. The number of rotatable bonds is 3. The van der Waals surface area contributed by atoms with Crippen molar-refractivity contribution >= 4 is 24.0 Å². The molecule has 1 aliphatic carbocycles. The molecule has 100 valence electrons. The van der Waals surface area contributed by atoms with Gasteiger partial charge in [0.15, 0.2) is 0 Å². The quantitative estimate of drug-likeness (QED) is 0.840. The molecule has 0 bridgehead atoms. The lowest BCUT2D eigenvalue weighted by Gasteiger charge is -2.33. The first-order valence-electron chi connectivity index (χ1n) is 6.28. The molecular weight excluding hydrogens is 341 g/mol. The van der Waals surface area contributed by atoms with E-state index in [0.29, 0.717) is 6.04 Å². The summed E-state index contributed by atoms with van der Waals surface area (Å²) in [5.74, 6) is 1.76. The Labute approximate surface area is 125 Å². The van der Waals surface area contributed by atoms with Crippen molar-refractivity contribution in [3.8, 4) is 5.75 Å². The monoisotopic (exact) mass is 361 g/mol. The summed E-state index contributed by atoms with van der Waals surface area (Å²) in [5, 5.41) is 3.61. The van der Waals surface area contributed by atoms with Crippen LogP contribution in [-0.4, -0.2) is 20.8 Å². The third-order valence-electron chi connectivity index (χ3n) is 3.88. The van der Waals surface area contributed by atoms with Crippen LogP contribution in [-0.2, 0) is 4.74 Å². The normalized spacial score (nSPS) is 26.1. The summed E-state index contributed by atoms with van der Waals surface area (Å²) < 4.78 is 11.1. The SMILES string of the molecule is COc1cccc2c1C(OC)CNC2C1CC1.I. The van der Waals surface area contributed by atoms with Gasteiger partial charge in [-0.25, -0.2) is 0 Å². The van der Waals surface area contributed by atoms with Crippen LogP contribution in [0.4, 0.5) is 0 Å². The minimum absolute atomic E-state index is 0. The van der Waals surface area contributed by atoms with Gasteiger partial charge in [-0.2, -0.15) is 0 Å². The molecule has 0 amide bonds. The van der Waals surface area contributed by atoms with Gasteiger partial charge in [-0.3, -0.25) is 0 Å². The molecule has 1 aliphatic heterocycles. The summed E-state index contributed by atoms with van der Waals surface area (Å²) in [5.41, 5.74) is 2.61. The standard InChI is InChI=1S/C14H19NO2.HI/c1-16-11-5-3-4-10-13(11)12(17-2)8-15-14(10)9-6-7-9;/h3-5,9,12,14-15H,6-8H2,1-2H3;1H. The maximum absolute atomic E-state index is 5.57. The van der Waals surface area contributed by atoms with Gasteiger partial charge < -0.3 is 14.8 Å². The zero-order valence-electron chi connectivity index (χ0n) is 10.8. The first kappa shape index (κ1) is 14.1. The molecule has 1 fully saturated rings. The minimum Gasteiger partial charge on any atom is -0.496 e. The highest BCUT2D eigenvalue weighted by Crippen LogP contribution is 2.47. The summed E-state index contributed by atoms with van der Waals surface area (Å²) in [7, 11) is 3.50. The fourth-order valence-corrected chi connectivity index (χ4v) is 2.85. The molecule has 1 saturated carbocycles. The van der Waals surface area contributed by atoms with Crippen LogP contribution in [0.1, 0.15) is 36.1 Å². The topological polar surface area (TPSA) is 30.5 Å². The van der Waals surface area contributed by atoms with Crippen molar-refractivity contribution in [3.63, 3.8) is 0 Å². The fraction of sp³-hybridized carbons (Fsp3) is 0.571. The predicted octanol–water partition coefficient (Wildman–Crippen LogP) is 3.06. The Hall–Kier alpha value is -0.330. The molecule has 3 nitrogen and oxygen atoms in total. The lowest BCUT2D eigenvalue weighted by Crippen LogP contribution is -2.35. The number of methoxy groups -OCH3 is 2. The maximum atomic E-state index is 5.57. The van der Waals surface area contributed by atoms with Crippen molar-refractivity contribution in [2.24, 2.45) is 5.92 Å². The molecule has 3 rings (SSSR count). The lowest BCUT2D eigenvalue weighted by molar-refractivity contribution is 0.0865. The van der Waals surface area contributed by atoms with Crippen molar-refractivity contribution in [2.45, 2.75) is 25.0 Å². The van der Waals surface area contributed by atoms with E-state index in [-0.39, 0.29) is 30.1 Å². The number of fused-ring (bicyclic) bond motifs is 1. The number of halogens is 1. The smallest absolute Gasteiger partial charge is 0.125 e. The van der Waals surface area contributed by atoms with Crippen LogP contribution in [0.25, 0.3) is 0 Å². The Bertz CT molecular complexity index is 420. The van der Waals surface area contributed by atoms with E-state index in [9.17, 15) is 0 Å². The molecule has 0 saturated heterocycles. The Morgan fingerprint density at radius 1 is 1.22 bits per heavy atom. The summed E-state index contributed by atoms with van der Waals surface area (Å²) in [6.07, 6.45) is 2.79. The summed E-state index contributed by atoms with van der Waals surface area (Å²) in [4.78, 5) is 0. The van der Waals surface area contributed by atoms with E-state index >= 15 is 0 Å². The van der Waals surface area contributed by atoms with E-state index in [1.165, 1.54) is 24.0 Å². The highest BCUT2D eigenvalue weighted by Gasteiger charge is 2.38. The van der Waals surface area contributed by atoms with Crippen molar-refractivity contribution in [1.82, 2.24) is 5.32 Å². The van der Waals surface area contributed by atoms with Crippen LogP contribution in [0, 0.1) is 5.92 Å². The molecule has 1 heterocycles. The van der Waals surface area contributed by atoms with E-state index in [2.05, 4.69) is 17.4 Å². The minimum atomic E-state index is 0. The highest BCUT2D eigenvalue weighted by atomic mass is 127. The number of hydrogen-bond donors (Lipinski definition) is 1. The summed E-state index contributed by atoms with van der Waals surface area (Å²) in [6, 6.07) is 6.80.